The number of pyridine rings is 1. The summed E-state index contributed by atoms with van der Waals surface area (Å²) in [6, 6.07) is 25.0. The summed E-state index contributed by atoms with van der Waals surface area (Å²) >= 11 is 0. The van der Waals surface area contributed by atoms with E-state index in [9.17, 15) is 5.11 Å². The molecule has 4 heteroatoms. The molecule has 4 aromatic rings. The van der Waals surface area contributed by atoms with Gasteiger partial charge in [-0.25, -0.2) is 4.98 Å². The summed E-state index contributed by atoms with van der Waals surface area (Å²) in [5, 5.41) is 11.0. The fourth-order valence-corrected chi connectivity index (χ4v) is 3.37. The predicted molar refractivity (Wildman–Crippen MR) is 109 cm³/mol. The monoisotopic (exact) mass is 357 g/mol. The van der Waals surface area contributed by atoms with Crippen LogP contribution in [0.25, 0.3) is 10.9 Å². The molecule has 4 nitrogen and oxygen atoms in total. The number of anilines is 1. The van der Waals surface area contributed by atoms with Gasteiger partial charge in [-0.3, -0.25) is 0 Å². The van der Waals surface area contributed by atoms with E-state index < -0.39 is 6.23 Å². The zero-order valence-electron chi connectivity index (χ0n) is 15.4. The van der Waals surface area contributed by atoms with Gasteiger partial charge in [0.1, 0.15) is 12.0 Å². The van der Waals surface area contributed by atoms with Gasteiger partial charge in [-0.05, 0) is 30.2 Å². The van der Waals surface area contributed by atoms with Gasteiger partial charge in [0.2, 0.25) is 0 Å². The van der Waals surface area contributed by atoms with E-state index in [-0.39, 0.29) is 0 Å². The number of nitrogens with zero attached hydrogens (tertiary/aromatic N) is 3. The number of fused-ring (bicyclic) bond motifs is 1. The van der Waals surface area contributed by atoms with Gasteiger partial charge >= 0.3 is 0 Å². The van der Waals surface area contributed by atoms with Crippen molar-refractivity contribution in [1.29, 1.82) is 0 Å². The quantitative estimate of drug-likeness (QED) is 0.541. The van der Waals surface area contributed by atoms with Crippen LogP contribution in [-0.4, -0.2) is 14.7 Å². The number of hydrogen-bond acceptors (Lipinski definition) is 3. The Bertz CT molecular complexity index is 968. The highest BCUT2D eigenvalue weighted by Crippen LogP contribution is 2.25. The summed E-state index contributed by atoms with van der Waals surface area (Å²) in [5.41, 5.74) is 3.43. The Hall–Kier alpha value is -3.11. The molecule has 136 valence electrons. The second-order valence-corrected chi connectivity index (χ2v) is 6.78. The van der Waals surface area contributed by atoms with E-state index in [1.165, 1.54) is 11.1 Å². The Morgan fingerprint density at radius 1 is 0.926 bits per heavy atom. The highest BCUT2D eigenvalue weighted by Gasteiger charge is 2.13. The second kappa shape index (κ2) is 7.64. The summed E-state index contributed by atoms with van der Waals surface area (Å²) in [7, 11) is 0. The molecule has 0 saturated heterocycles. The molecular formula is C23H23N3O. The molecule has 1 atom stereocenters. The summed E-state index contributed by atoms with van der Waals surface area (Å²) in [6.07, 6.45) is 3.18. The fourth-order valence-electron chi connectivity index (χ4n) is 3.37. The van der Waals surface area contributed by atoms with Crippen molar-refractivity contribution in [2.24, 2.45) is 0 Å². The van der Waals surface area contributed by atoms with Crippen LogP contribution in [0.15, 0.2) is 85.2 Å². The first kappa shape index (κ1) is 17.3. The lowest BCUT2D eigenvalue weighted by atomic mass is 10.1. The summed E-state index contributed by atoms with van der Waals surface area (Å²) in [4.78, 5) is 6.99. The first-order valence-corrected chi connectivity index (χ1v) is 9.18. The molecule has 4 rings (SSSR count). The van der Waals surface area contributed by atoms with E-state index in [0.29, 0.717) is 0 Å². The van der Waals surface area contributed by atoms with Crippen molar-refractivity contribution < 1.29 is 5.11 Å². The summed E-state index contributed by atoms with van der Waals surface area (Å²) in [6.45, 7) is 3.32. The average molecular weight is 357 g/mol. The van der Waals surface area contributed by atoms with Gasteiger partial charge in [-0.2, -0.15) is 0 Å². The van der Waals surface area contributed by atoms with Crippen LogP contribution >= 0.6 is 0 Å². The Balaban J connectivity index is 1.69. The van der Waals surface area contributed by atoms with E-state index >= 15 is 0 Å². The molecule has 1 unspecified atom stereocenters. The predicted octanol–water partition coefficient (Wildman–Crippen LogP) is 4.75. The van der Waals surface area contributed by atoms with Crippen LogP contribution < -0.4 is 4.90 Å². The number of rotatable bonds is 6. The van der Waals surface area contributed by atoms with E-state index in [1.54, 1.807) is 6.92 Å². The number of aliphatic hydroxyl groups excluding tert-OH is 1. The SMILES string of the molecule is CC(O)n1ccc2cc(N(Cc3ccccc3)Cc3ccccc3)ncc21. The van der Waals surface area contributed by atoms with Crippen LogP contribution in [0, 0.1) is 0 Å². The normalized spacial score (nSPS) is 12.2. The molecule has 27 heavy (non-hydrogen) atoms. The van der Waals surface area contributed by atoms with E-state index in [0.717, 1.165) is 29.8 Å². The maximum Gasteiger partial charge on any atom is 0.129 e. The van der Waals surface area contributed by atoms with Gasteiger partial charge in [0.15, 0.2) is 0 Å². The molecule has 0 bridgehead atoms. The smallest absolute Gasteiger partial charge is 0.129 e. The van der Waals surface area contributed by atoms with Gasteiger partial charge < -0.3 is 14.6 Å². The molecule has 2 aromatic carbocycles. The molecule has 0 spiro atoms. The molecule has 0 aliphatic heterocycles. The molecule has 0 radical (unpaired) electrons. The minimum Gasteiger partial charge on any atom is -0.374 e. The number of aliphatic hydroxyl groups is 1. The molecule has 0 fully saturated rings. The second-order valence-electron chi connectivity index (χ2n) is 6.78. The molecular weight excluding hydrogens is 334 g/mol. The van der Waals surface area contributed by atoms with Crippen molar-refractivity contribution in [2.45, 2.75) is 26.2 Å². The zero-order chi connectivity index (χ0) is 18.6. The third-order valence-corrected chi connectivity index (χ3v) is 4.75. The third-order valence-electron chi connectivity index (χ3n) is 4.75. The van der Waals surface area contributed by atoms with Crippen molar-refractivity contribution in [2.75, 3.05) is 4.90 Å². The molecule has 1 N–H and O–H groups in total. The minimum absolute atomic E-state index is 0.570. The van der Waals surface area contributed by atoms with Gasteiger partial charge in [-0.15, -0.1) is 0 Å². The standard InChI is InChI=1S/C23H23N3O/c1-18(27)26-13-12-21-14-23(24-15-22(21)26)25(16-19-8-4-2-5-9-19)17-20-10-6-3-7-11-20/h2-15,18,27H,16-17H2,1H3. The average Bonchev–Trinajstić information content (AvgIpc) is 3.13. The molecule has 0 amide bonds. The van der Waals surface area contributed by atoms with Crippen LogP contribution in [-0.2, 0) is 13.1 Å². The van der Waals surface area contributed by atoms with Crippen LogP contribution in [0.1, 0.15) is 24.3 Å². The Kier molecular flexibility index (Phi) is 4.90. The third kappa shape index (κ3) is 3.86. The van der Waals surface area contributed by atoms with Gasteiger partial charge in [-0.1, -0.05) is 60.7 Å². The molecule has 0 aliphatic rings. The molecule has 0 saturated carbocycles. The number of benzene rings is 2. The van der Waals surface area contributed by atoms with Crippen molar-refractivity contribution in [3.63, 3.8) is 0 Å². The van der Waals surface area contributed by atoms with Gasteiger partial charge in [0.25, 0.3) is 0 Å². The first-order valence-electron chi connectivity index (χ1n) is 9.18. The van der Waals surface area contributed by atoms with Crippen molar-refractivity contribution in [3.8, 4) is 0 Å². The van der Waals surface area contributed by atoms with E-state index in [4.69, 9.17) is 4.98 Å². The Morgan fingerprint density at radius 2 is 1.52 bits per heavy atom. The van der Waals surface area contributed by atoms with Crippen molar-refractivity contribution in [1.82, 2.24) is 9.55 Å². The molecule has 0 aliphatic carbocycles. The highest BCUT2D eigenvalue weighted by atomic mass is 16.3. The maximum atomic E-state index is 9.90. The van der Waals surface area contributed by atoms with Gasteiger partial charge in [0.05, 0.1) is 11.7 Å². The first-order chi connectivity index (χ1) is 13.2. The number of hydrogen-bond donors (Lipinski definition) is 1. The minimum atomic E-state index is -0.570. The van der Waals surface area contributed by atoms with Crippen LogP contribution in [0.3, 0.4) is 0 Å². The van der Waals surface area contributed by atoms with E-state index in [2.05, 4.69) is 59.5 Å². The maximum absolute atomic E-state index is 9.90. The highest BCUT2D eigenvalue weighted by molar-refractivity contribution is 5.82. The van der Waals surface area contributed by atoms with Crippen LogP contribution in [0.2, 0.25) is 0 Å². The largest absolute Gasteiger partial charge is 0.374 e. The zero-order valence-corrected chi connectivity index (χ0v) is 15.4. The van der Waals surface area contributed by atoms with E-state index in [1.807, 2.05) is 35.2 Å². The summed E-state index contributed by atoms with van der Waals surface area (Å²) in [5.74, 6) is 0.929. The lowest BCUT2D eigenvalue weighted by Crippen LogP contribution is -2.23. The summed E-state index contributed by atoms with van der Waals surface area (Å²) < 4.78 is 1.82. The van der Waals surface area contributed by atoms with Crippen molar-refractivity contribution in [3.05, 3.63) is 96.3 Å². The fraction of sp³-hybridized carbons (Fsp3) is 0.174. The Labute approximate surface area is 159 Å². The van der Waals surface area contributed by atoms with Crippen LogP contribution in [0.5, 0.6) is 0 Å². The Morgan fingerprint density at radius 3 is 2.07 bits per heavy atom. The van der Waals surface area contributed by atoms with Gasteiger partial charge in [0, 0.05) is 24.7 Å². The molecule has 2 heterocycles. The van der Waals surface area contributed by atoms with Crippen LogP contribution in [0.4, 0.5) is 5.82 Å². The molecule has 2 aromatic heterocycles. The lowest BCUT2D eigenvalue weighted by molar-refractivity contribution is 0.129. The lowest BCUT2D eigenvalue weighted by Gasteiger charge is -2.24. The van der Waals surface area contributed by atoms with Crippen molar-refractivity contribution >= 4 is 16.7 Å². The topological polar surface area (TPSA) is 41.3 Å². The number of aromatic nitrogens is 2.